The first kappa shape index (κ1) is 15.5. The Balaban J connectivity index is 2.46. The van der Waals surface area contributed by atoms with Gasteiger partial charge in [-0.3, -0.25) is 4.79 Å². The summed E-state index contributed by atoms with van der Waals surface area (Å²) in [6.45, 7) is 6.10. The SMILES string of the molecule is CCCC[C@H](CC)C[C@H]1CCCC[C@@H]1OC(C)=O. The van der Waals surface area contributed by atoms with Crippen LogP contribution in [0.5, 0.6) is 0 Å². The van der Waals surface area contributed by atoms with Gasteiger partial charge in [0.25, 0.3) is 0 Å². The fourth-order valence-corrected chi connectivity index (χ4v) is 3.22. The number of esters is 1. The molecule has 0 radical (unpaired) electrons. The van der Waals surface area contributed by atoms with Gasteiger partial charge >= 0.3 is 5.97 Å². The molecule has 106 valence electrons. The van der Waals surface area contributed by atoms with Gasteiger partial charge in [0.15, 0.2) is 0 Å². The lowest BCUT2D eigenvalue weighted by Crippen LogP contribution is -2.30. The van der Waals surface area contributed by atoms with Crippen LogP contribution in [0.15, 0.2) is 0 Å². The molecule has 1 aliphatic carbocycles. The third-order valence-corrected chi connectivity index (χ3v) is 4.34. The molecule has 0 N–H and O–H groups in total. The van der Waals surface area contributed by atoms with Crippen LogP contribution in [0, 0.1) is 11.8 Å². The summed E-state index contributed by atoms with van der Waals surface area (Å²) < 4.78 is 5.51. The number of hydrogen-bond donors (Lipinski definition) is 0. The van der Waals surface area contributed by atoms with Crippen LogP contribution in [0.4, 0.5) is 0 Å². The van der Waals surface area contributed by atoms with Gasteiger partial charge in [-0.05, 0) is 37.5 Å². The highest BCUT2D eigenvalue weighted by Crippen LogP contribution is 2.34. The van der Waals surface area contributed by atoms with Crippen LogP contribution in [0.3, 0.4) is 0 Å². The minimum atomic E-state index is -0.103. The Hall–Kier alpha value is -0.530. The van der Waals surface area contributed by atoms with Gasteiger partial charge < -0.3 is 4.74 Å². The van der Waals surface area contributed by atoms with Gasteiger partial charge in [0.1, 0.15) is 6.10 Å². The molecule has 0 heterocycles. The molecule has 1 rings (SSSR count). The molecule has 0 aromatic heterocycles. The van der Waals surface area contributed by atoms with Gasteiger partial charge in [0.2, 0.25) is 0 Å². The lowest BCUT2D eigenvalue weighted by atomic mass is 9.78. The van der Waals surface area contributed by atoms with Crippen molar-refractivity contribution in [2.45, 2.75) is 84.7 Å². The van der Waals surface area contributed by atoms with Crippen molar-refractivity contribution in [2.24, 2.45) is 11.8 Å². The Morgan fingerprint density at radius 1 is 1.28 bits per heavy atom. The standard InChI is InChI=1S/C16H30O2/c1-4-6-9-14(5-2)12-15-10-7-8-11-16(15)18-13(3)17/h14-16H,4-12H2,1-3H3/t14-,15+,16-/m0/s1. The maximum atomic E-state index is 11.2. The van der Waals surface area contributed by atoms with Crippen molar-refractivity contribution in [3.63, 3.8) is 0 Å². The summed E-state index contributed by atoms with van der Waals surface area (Å²) in [5.74, 6) is 1.34. The van der Waals surface area contributed by atoms with Crippen LogP contribution < -0.4 is 0 Å². The van der Waals surface area contributed by atoms with Crippen molar-refractivity contribution >= 4 is 5.97 Å². The number of carbonyl (C=O) groups excluding carboxylic acids is 1. The Morgan fingerprint density at radius 2 is 2.00 bits per heavy atom. The molecule has 0 amide bonds. The van der Waals surface area contributed by atoms with E-state index in [0.29, 0.717) is 5.92 Å². The summed E-state index contributed by atoms with van der Waals surface area (Å²) in [4.78, 5) is 11.2. The van der Waals surface area contributed by atoms with Gasteiger partial charge in [-0.25, -0.2) is 0 Å². The van der Waals surface area contributed by atoms with Crippen LogP contribution in [0.1, 0.15) is 78.6 Å². The highest BCUT2D eigenvalue weighted by Gasteiger charge is 2.29. The van der Waals surface area contributed by atoms with Crippen LogP contribution in [-0.4, -0.2) is 12.1 Å². The van der Waals surface area contributed by atoms with E-state index in [1.165, 1.54) is 51.4 Å². The van der Waals surface area contributed by atoms with Gasteiger partial charge in [0, 0.05) is 6.92 Å². The molecule has 0 spiro atoms. The molecule has 0 aromatic rings. The number of unbranched alkanes of at least 4 members (excludes halogenated alkanes) is 1. The van der Waals surface area contributed by atoms with Crippen molar-refractivity contribution in [1.29, 1.82) is 0 Å². The molecule has 3 atom stereocenters. The zero-order valence-corrected chi connectivity index (χ0v) is 12.4. The van der Waals surface area contributed by atoms with Gasteiger partial charge in [-0.1, -0.05) is 46.0 Å². The summed E-state index contributed by atoms with van der Waals surface area (Å²) in [7, 11) is 0. The fourth-order valence-electron chi connectivity index (χ4n) is 3.22. The molecule has 2 heteroatoms. The first-order valence-corrected chi connectivity index (χ1v) is 7.84. The van der Waals surface area contributed by atoms with Crippen molar-refractivity contribution in [1.82, 2.24) is 0 Å². The van der Waals surface area contributed by atoms with Crippen molar-refractivity contribution in [3.05, 3.63) is 0 Å². The zero-order valence-electron chi connectivity index (χ0n) is 12.4. The van der Waals surface area contributed by atoms with E-state index in [0.717, 1.165) is 12.3 Å². The molecular weight excluding hydrogens is 224 g/mol. The third kappa shape index (κ3) is 5.41. The minimum absolute atomic E-state index is 0.103. The predicted molar refractivity (Wildman–Crippen MR) is 75.4 cm³/mol. The number of carbonyl (C=O) groups is 1. The van der Waals surface area contributed by atoms with Gasteiger partial charge in [0.05, 0.1) is 0 Å². The highest BCUT2D eigenvalue weighted by atomic mass is 16.5. The van der Waals surface area contributed by atoms with Crippen LogP contribution in [0.25, 0.3) is 0 Å². The summed E-state index contributed by atoms with van der Waals surface area (Å²) in [6, 6.07) is 0. The van der Waals surface area contributed by atoms with Crippen molar-refractivity contribution in [3.8, 4) is 0 Å². The molecule has 1 fully saturated rings. The maximum absolute atomic E-state index is 11.2. The average molecular weight is 254 g/mol. The quantitative estimate of drug-likeness (QED) is 0.615. The topological polar surface area (TPSA) is 26.3 Å². The van der Waals surface area contributed by atoms with Crippen molar-refractivity contribution < 1.29 is 9.53 Å². The van der Waals surface area contributed by atoms with E-state index < -0.39 is 0 Å². The lowest BCUT2D eigenvalue weighted by Gasteiger charge is -2.33. The molecule has 18 heavy (non-hydrogen) atoms. The normalized spacial score (nSPS) is 25.7. The Kier molecular flexibility index (Phi) is 7.38. The van der Waals surface area contributed by atoms with E-state index in [1.54, 1.807) is 6.92 Å². The Labute approximate surface area is 112 Å². The summed E-state index contributed by atoms with van der Waals surface area (Å²) in [6.07, 6.45) is 11.6. The largest absolute Gasteiger partial charge is 0.462 e. The third-order valence-electron chi connectivity index (χ3n) is 4.34. The van der Waals surface area contributed by atoms with E-state index in [1.807, 2.05) is 0 Å². The molecule has 0 aromatic carbocycles. The first-order valence-electron chi connectivity index (χ1n) is 7.84. The molecule has 2 nitrogen and oxygen atoms in total. The Morgan fingerprint density at radius 3 is 2.61 bits per heavy atom. The Bertz CT molecular complexity index is 237. The average Bonchev–Trinajstić information content (AvgIpc) is 2.35. The van der Waals surface area contributed by atoms with E-state index in [4.69, 9.17) is 4.74 Å². The van der Waals surface area contributed by atoms with E-state index in [9.17, 15) is 4.79 Å². The lowest BCUT2D eigenvalue weighted by molar-refractivity contribution is -0.151. The van der Waals surface area contributed by atoms with Crippen molar-refractivity contribution in [2.75, 3.05) is 0 Å². The second kappa shape index (κ2) is 8.55. The highest BCUT2D eigenvalue weighted by molar-refractivity contribution is 5.66. The van der Waals surface area contributed by atoms with Crippen LogP contribution in [0.2, 0.25) is 0 Å². The number of ether oxygens (including phenoxy) is 1. The zero-order chi connectivity index (χ0) is 13.4. The van der Waals surface area contributed by atoms with E-state index >= 15 is 0 Å². The second-order valence-electron chi connectivity index (χ2n) is 5.84. The molecule has 0 saturated heterocycles. The molecular formula is C16H30O2. The summed E-state index contributed by atoms with van der Waals surface area (Å²) >= 11 is 0. The molecule has 0 unspecified atom stereocenters. The van der Waals surface area contributed by atoms with Crippen LogP contribution in [-0.2, 0) is 9.53 Å². The van der Waals surface area contributed by atoms with Gasteiger partial charge in [-0.2, -0.15) is 0 Å². The fraction of sp³-hybridized carbons (Fsp3) is 0.938. The predicted octanol–water partition coefficient (Wildman–Crippen LogP) is 4.71. The summed E-state index contributed by atoms with van der Waals surface area (Å²) in [5.41, 5.74) is 0. The van der Waals surface area contributed by atoms with Crippen LogP contribution >= 0.6 is 0 Å². The maximum Gasteiger partial charge on any atom is 0.302 e. The van der Waals surface area contributed by atoms with E-state index in [2.05, 4.69) is 13.8 Å². The smallest absolute Gasteiger partial charge is 0.302 e. The number of hydrogen-bond acceptors (Lipinski definition) is 2. The second-order valence-corrected chi connectivity index (χ2v) is 5.84. The van der Waals surface area contributed by atoms with E-state index in [-0.39, 0.29) is 12.1 Å². The minimum Gasteiger partial charge on any atom is -0.462 e. The van der Waals surface area contributed by atoms with Gasteiger partial charge in [-0.15, -0.1) is 0 Å². The first-order chi connectivity index (χ1) is 8.67. The number of rotatable bonds is 7. The summed E-state index contributed by atoms with van der Waals surface area (Å²) in [5, 5.41) is 0. The molecule has 0 bridgehead atoms. The molecule has 0 aliphatic heterocycles. The molecule has 1 aliphatic rings. The molecule has 1 saturated carbocycles. The monoisotopic (exact) mass is 254 g/mol.